The van der Waals surface area contributed by atoms with Gasteiger partial charge in [0.15, 0.2) is 0 Å². The average molecular weight is 246 g/mol. The SMILES string of the molecule is CC(C)(C)c1ccc(-c2cccnc2Cl)cc1. The molecule has 0 radical (unpaired) electrons. The van der Waals surface area contributed by atoms with E-state index in [0.29, 0.717) is 5.15 Å². The molecule has 88 valence electrons. The molecular formula is C15H16ClN. The minimum absolute atomic E-state index is 0.178. The topological polar surface area (TPSA) is 12.9 Å². The van der Waals surface area contributed by atoms with Crippen LogP contribution in [0.25, 0.3) is 11.1 Å². The first-order chi connectivity index (χ1) is 7.98. The summed E-state index contributed by atoms with van der Waals surface area (Å²) in [5.41, 5.74) is 3.59. The van der Waals surface area contributed by atoms with E-state index in [1.807, 2.05) is 12.1 Å². The highest BCUT2D eigenvalue weighted by atomic mass is 35.5. The highest BCUT2D eigenvalue weighted by Gasteiger charge is 2.13. The number of hydrogen-bond donors (Lipinski definition) is 0. The van der Waals surface area contributed by atoms with Gasteiger partial charge in [-0.2, -0.15) is 0 Å². The first-order valence-corrected chi connectivity index (χ1v) is 6.08. The lowest BCUT2D eigenvalue weighted by Gasteiger charge is -2.19. The van der Waals surface area contributed by atoms with Gasteiger partial charge in [0.25, 0.3) is 0 Å². The van der Waals surface area contributed by atoms with E-state index in [-0.39, 0.29) is 5.41 Å². The number of rotatable bonds is 1. The maximum absolute atomic E-state index is 6.08. The molecule has 0 saturated carbocycles. The second kappa shape index (κ2) is 4.50. The lowest BCUT2D eigenvalue weighted by molar-refractivity contribution is 0.590. The minimum Gasteiger partial charge on any atom is -0.244 e. The van der Waals surface area contributed by atoms with Crippen LogP contribution in [0, 0.1) is 0 Å². The van der Waals surface area contributed by atoms with Crippen LogP contribution >= 0.6 is 11.6 Å². The molecule has 17 heavy (non-hydrogen) atoms. The van der Waals surface area contributed by atoms with Crippen LogP contribution in [0.1, 0.15) is 26.3 Å². The van der Waals surface area contributed by atoms with Gasteiger partial charge in [0.05, 0.1) is 0 Å². The summed E-state index contributed by atoms with van der Waals surface area (Å²) < 4.78 is 0. The fourth-order valence-corrected chi connectivity index (χ4v) is 1.98. The van der Waals surface area contributed by atoms with Crippen LogP contribution in [0.5, 0.6) is 0 Å². The highest BCUT2D eigenvalue weighted by Crippen LogP contribution is 2.28. The van der Waals surface area contributed by atoms with E-state index >= 15 is 0 Å². The number of benzene rings is 1. The normalized spacial score (nSPS) is 11.5. The van der Waals surface area contributed by atoms with Crippen LogP contribution in [0.3, 0.4) is 0 Å². The first kappa shape index (κ1) is 12.1. The van der Waals surface area contributed by atoms with E-state index in [4.69, 9.17) is 11.6 Å². The van der Waals surface area contributed by atoms with Crippen LogP contribution in [-0.4, -0.2) is 4.98 Å². The third-order valence-corrected chi connectivity index (χ3v) is 3.12. The smallest absolute Gasteiger partial charge is 0.136 e. The Hall–Kier alpha value is -1.34. The predicted octanol–water partition coefficient (Wildman–Crippen LogP) is 4.70. The summed E-state index contributed by atoms with van der Waals surface area (Å²) in [5.74, 6) is 0. The molecule has 2 aromatic rings. The van der Waals surface area contributed by atoms with Crippen molar-refractivity contribution in [3.8, 4) is 11.1 Å². The van der Waals surface area contributed by atoms with Crippen molar-refractivity contribution in [2.75, 3.05) is 0 Å². The number of halogens is 1. The second-order valence-electron chi connectivity index (χ2n) is 5.17. The van der Waals surface area contributed by atoms with Crippen LogP contribution < -0.4 is 0 Å². The quantitative estimate of drug-likeness (QED) is 0.664. The van der Waals surface area contributed by atoms with Crippen LogP contribution in [0.4, 0.5) is 0 Å². The molecule has 0 spiro atoms. The lowest BCUT2D eigenvalue weighted by Crippen LogP contribution is -2.10. The van der Waals surface area contributed by atoms with Gasteiger partial charge in [0, 0.05) is 11.8 Å². The van der Waals surface area contributed by atoms with Crippen molar-refractivity contribution in [3.05, 3.63) is 53.3 Å². The van der Waals surface area contributed by atoms with Crippen LogP contribution in [-0.2, 0) is 5.41 Å². The maximum Gasteiger partial charge on any atom is 0.136 e. The third-order valence-electron chi connectivity index (χ3n) is 2.82. The van der Waals surface area contributed by atoms with Gasteiger partial charge in [-0.3, -0.25) is 0 Å². The Bertz CT molecular complexity index is 509. The van der Waals surface area contributed by atoms with Crippen LogP contribution in [0.15, 0.2) is 42.6 Å². The second-order valence-corrected chi connectivity index (χ2v) is 5.53. The standard InChI is InChI=1S/C15H16ClN/c1-15(2,3)12-8-6-11(7-9-12)13-5-4-10-17-14(13)16/h4-10H,1-3H3. The monoisotopic (exact) mass is 245 g/mol. The molecule has 0 saturated heterocycles. The molecule has 0 unspecified atom stereocenters. The van der Waals surface area contributed by atoms with Gasteiger partial charge in [0.2, 0.25) is 0 Å². The molecule has 0 amide bonds. The molecular weight excluding hydrogens is 230 g/mol. The van der Waals surface area contributed by atoms with Gasteiger partial charge in [-0.25, -0.2) is 4.98 Å². The molecule has 1 aromatic heterocycles. The molecule has 1 heterocycles. The molecule has 0 fully saturated rings. The summed E-state index contributed by atoms with van der Waals surface area (Å²) in [5, 5.41) is 0.552. The van der Waals surface area contributed by atoms with Gasteiger partial charge in [0.1, 0.15) is 5.15 Å². The van der Waals surface area contributed by atoms with E-state index in [0.717, 1.165) is 11.1 Å². The van der Waals surface area contributed by atoms with Crippen molar-refractivity contribution < 1.29 is 0 Å². The van der Waals surface area contributed by atoms with Crippen molar-refractivity contribution in [3.63, 3.8) is 0 Å². The Balaban J connectivity index is 2.40. The number of aromatic nitrogens is 1. The molecule has 2 rings (SSSR count). The van der Waals surface area contributed by atoms with Crippen molar-refractivity contribution in [2.45, 2.75) is 26.2 Å². The Morgan fingerprint density at radius 2 is 1.65 bits per heavy atom. The van der Waals surface area contributed by atoms with E-state index in [9.17, 15) is 0 Å². The van der Waals surface area contributed by atoms with Gasteiger partial charge < -0.3 is 0 Å². The summed E-state index contributed by atoms with van der Waals surface area (Å²) >= 11 is 6.08. The largest absolute Gasteiger partial charge is 0.244 e. The van der Waals surface area contributed by atoms with Gasteiger partial charge in [-0.1, -0.05) is 56.6 Å². The van der Waals surface area contributed by atoms with Gasteiger partial charge in [-0.05, 0) is 28.7 Å². The fourth-order valence-electron chi connectivity index (χ4n) is 1.75. The molecule has 1 aromatic carbocycles. The molecule has 0 N–H and O–H groups in total. The molecule has 0 atom stereocenters. The van der Waals surface area contributed by atoms with E-state index in [2.05, 4.69) is 50.0 Å². The number of hydrogen-bond acceptors (Lipinski definition) is 1. The number of pyridine rings is 1. The predicted molar refractivity (Wildman–Crippen MR) is 73.4 cm³/mol. The summed E-state index contributed by atoms with van der Waals surface area (Å²) in [6.45, 7) is 6.62. The Kier molecular flexibility index (Phi) is 3.21. The zero-order valence-electron chi connectivity index (χ0n) is 10.4. The molecule has 0 aliphatic rings. The minimum atomic E-state index is 0.178. The van der Waals surface area contributed by atoms with E-state index < -0.39 is 0 Å². The maximum atomic E-state index is 6.08. The summed E-state index contributed by atoms with van der Waals surface area (Å²) in [7, 11) is 0. The van der Waals surface area contributed by atoms with E-state index in [1.165, 1.54) is 5.56 Å². The lowest BCUT2D eigenvalue weighted by atomic mass is 9.86. The Labute approximate surface area is 107 Å². The summed E-state index contributed by atoms with van der Waals surface area (Å²) in [6.07, 6.45) is 1.70. The zero-order valence-corrected chi connectivity index (χ0v) is 11.1. The molecule has 0 bridgehead atoms. The molecule has 0 aliphatic heterocycles. The van der Waals surface area contributed by atoms with Crippen molar-refractivity contribution in [1.82, 2.24) is 4.98 Å². The zero-order chi connectivity index (χ0) is 12.5. The first-order valence-electron chi connectivity index (χ1n) is 5.70. The summed E-state index contributed by atoms with van der Waals surface area (Å²) in [4.78, 5) is 4.09. The molecule has 0 aliphatic carbocycles. The van der Waals surface area contributed by atoms with Crippen LogP contribution in [0.2, 0.25) is 5.15 Å². The molecule has 2 heteroatoms. The highest BCUT2D eigenvalue weighted by molar-refractivity contribution is 6.32. The Morgan fingerprint density at radius 1 is 1.00 bits per heavy atom. The van der Waals surface area contributed by atoms with E-state index in [1.54, 1.807) is 6.20 Å². The van der Waals surface area contributed by atoms with Gasteiger partial charge in [-0.15, -0.1) is 0 Å². The fraction of sp³-hybridized carbons (Fsp3) is 0.267. The van der Waals surface area contributed by atoms with Crippen molar-refractivity contribution >= 4 is 11.6 Å². The Morgan fingerprint density at radius 3 is 2.18 bits per heavy atom. The number of nitrogens with zero attached hydrogens (tertiary/aromatic N) is 1. The van der Waals surface area contributed by atoms with Crippen molar-refractivity contribution in [2.24, 2.45) is 0 Å². The van der Waals surface area contributed by atoms with Crippen molar-refractivity contribution in [1.29, 1.82) is 0 Å². The van der Waals surface area contributed by atoms with Gasteiger partial charge >= 0.3 is 0 Å². The average Bonchev–Trinajstić information content (AvgIpc) is 2.29. The third kappa shape index (κ3) is 2.67. The summed E-state index contributed by atoms with van der Waals surface area (Å²) in [6, 6.07) is 12.4. The molecule has 1 nitrogen and oxygen atoms in total.